The van der Waals surface area contributed by atoms with Gasteiger partial charge < -0.3 is 15.5 Å². The van der Waals surface area contributed by atoms with Crippen LogP contribution in [0.5, 0.6) is 0 Å². The number of anilines is 1. The number of hydrogen-bond donors (Lipinski definition) is 2. The lowest BCUT2D eigenvalue weighted by Gasteiger charge is -2.10. The van der Waals surface area contributed by atoms with E-state index in [1.54, 1.807) is 0 Å². The third-order valence-electron chi connectivity index (χ3n) is 3.81. The Morgan fingerprint density at radius 2 is 1.68 bits per heavy atom. The minimum atomic E-state index is -0.194. The van der Waals surface area contributed by atoms with Crippen LogP contribution < -0.4 is 10.6 Å². The van der Waals surface area contributed by atoms with Gasteiger partial charge in [0.1, 0.15) is 0 Å². The van der Waals surface area contributed by atoms with Crippen molar-refractivity contribution in [3.8, 4) is 0 Å². The molecule has 1 aromatic carbocycles. The van der Waals surface area contributed by atoms with Crippen molar-refractivity contribution in [2.45, 2.75) is 20.3 Å². The van der Waals surface area contributed by atoms with E-state index in [9.17, 15) is 9.59 Å². The number of aryl methyl sites for hydroxylation is 2. The van der Waals surface area contributed by atoms with E-state index in [0.717, 1.165) is 23.4 Å². The number of carbonyl (C=O) groups is 2. The maximum atomic E-state index is 12.2. The van der Waals surface area contributed by atoms with Crippen molar-refractivity contribution in [1.29, 1.82) is 0 Å². The van der Waals surface area contributed by atoms with Crippen molar-refractivity contribution >= 4 is 17.5 Å². The van der Waals surface area contributed by atoms with Gasteiger partial charge in [-0.15, -0.1) is 0 Å². The molecule has 1 saturated carbocycles. The highest BCUT2D eigenvalue weighted by Gasteiger charge is 2.47. The number of nitrogens with one attached hydrogen (secondary N) is 2. The van der Waals surface area contributed by atoms with Crippen LogP contribution >= 0.6 is 0 Å². The van der Waals surface area contributed by atoms with Gasteiger partial charge in [0.15, 0.2) is 0 Å². The van der Waals surface area contributed by atoms with Gasteiger partial charge in [-0.05, 0) is 57.6 Å². The summed E-state index contributed by atoms with van der Waals surface area (Å²) >= 11 is 0. The molecular formula is C17H25N3O2. The average molecular weight is 303 g/mol. The van der Waals surface area contributed by atoms with E-state index < -0.39 is 0 Å². The van der Waals surface area contributed by atoms with Gasteiger partial charge in [0.2, 0.25) is 11.8 Å². The largest absolute Gasteiger partial charge is 0.355 e. The maximum absolute atomic E-state index is 12.2. The first-order chi connectivity index (χ1) is 10.4. The summed E-state index contributed by atoms with van der Waals surface area (Å²) in [4.78, 5) is 26.2. The lowest BCUT2D eigenvalue weighted by Crippen LogP contribution is -2.33. The minimum Gasteiger partial charge on any atom is -0.355 e. The van der Waals surface area contributed by atoms with E-state index in [-0.39, 0.29) is 23.7 Å². The zero-order valence-corrected chi connectivity index (χ0v) is 13.8. The molecule has 1 aliphatic rings. The fourth-order valence-corrected chi connectivity index (χ4v) is 2.59. The Labute approximate surface area is 132 Å². The van der Waals surface area contributed by atoms with Crippen molar-refractivity contribution in [1.82, 2.24) is 10.2 Å². The van der Waals surface area contributed by atoms with Gasteiger partial charge in [0, 0.05) is 18.8 Å². The van der Waals surface area contributed by atoms with Gasteiger partial charge in [0.05, 0.1) is 11.8 Å². The van der Waals surface area contributed by atoms with Crippen LogP contribution in [0.15, 0.2) is 18.2 Å². The molecule has 0 bridgehead atoms. The van der Waals surface area contributed by atoms with Gasteiger partial charge in [-0.3, -0.25) is 9.59 Å². The fraction of sp³-hybridized carbons (Fsp3) is 0.529. The van der Waals surface area contributed by atoms with Crippen molar-refractivity contribution in [3.63, 3.8) is 0 Å². The highest BCUT2D eigenvalue weighted by Crippen LogP contribution is 2.39. The molecule has 5 heteroatoms. The molecule has 2 amide bonds. The highest BCUT2D eigenvalue weighted by molar-refractivity contribution is 5.99. The molecule has 2 N–H and O–H groups in total. The summed E-state index contributed by atoms with van der Waals surface area (Å²) in [7, 11) is 3.92. The Kier molecular flexibility index (Phi) is 5.19. The third-order valence-corrected chi connectivity index (χ3v) is 3.81. The summed E-state index contributed by atoms with van der Waals surface area (Å²) in [5, 5.41) is 5.80. The summed E-state index contributed by atoms with van der Waals surface area (Å²) in [5.74, 6) is -0.437. The molecule has 1 aromatic rings. The normalized spacial score (nSPS) is 19.9. The van der Waals surface area contributed by atoms with Gasteiger partial charge in [0.25, 0.3) is 0 Å². The first kappa shape index (κ1) is 16.5. The SMILES string of the molecule is Cc1cc(C)cc(NC(=O)C2CC2C(=O)NCCN(C)C)c1. The Balaban J connectivity index is 1.81. The van der Waals surface area contributed by atoms with Gasteiger partial charge >= 0.3 is 0 Å². The van der Waals surface area contributed by atoms with Gasteiger partial charge in [-0.1, -0.05) is 6.07 Å². The topological polar surface area (TPSA) is 61.4 Å². The Morgan fingerprint density at radius 1 is 1.09 bits per heavy atom. The van der Waals surface area contributed by atoms with Crippen molar-refractivity contribution in [2.75, 3.05) is 32.5 Å². The van der Waals surface area contributed by atoms with Gasteiger partial charge in [-0.25, -0.2) is 0 Å². The predicted octanol–water partition coefficient (Wildman–Crippen LogP) is 1.56. The van der Waals surface area contributed by atoms with Crippen molar-refractivity contribution in [3.05, 3.63) is 29.3 Å². The molecule has 5 nitrogen and oxygen atoms in total. The molecule has 0 spiro atoms. The van der Waals surface area contributed by atoms with Crippen LogP contribution in [0, 0.1) is 25.7 Å². The summed E-state index contributed by atoms with van der Waals surface area (Å²) < 4.78 is 0. The Bertz CT molecular complexity index is 549. The van der Waals surface area contributed by atoms with E-state index >= 15 is 0 Å². The smallest absolute Gasteiger partial charge is 0.228 e. The lowest BCUT2D eigenvalue weighted by molar-refractivity contribution is -0.125. The predicted molar refractivity (Wildman–Crippen MR) is 87.7 cm³/mol. The van der Waals surface area contributed by atoms with Crippen LogP contribution in [0.3, 0.4) is 0 Å². The van der Waals surface area contributed by atoms with E-state index in [2.05, 4.69) is 16.7 Å². The lowest BCUT2D eigenvalue weighted by atomic mass is 10.1. The molecule has 1 fully saturated rings. The van der Waals surface area contributed by atoms with Gasteiger partial charge in [-0.2, -0.15) is 0 Å². The maximum Gasteiger partial charge on any atom is 0.228 e. The zero-order chi connectivity index (χ0) is 16.3. The fourth-order valence-electron chi connectivity index (χ4n) is 2.59. The first-order valence-corrected chi connectivity index (χ1v) is 7.68. The molecule has 0 aromatic heterocycles. The number of carbonyl (C=O) groups excluding carboxylic acids is 2. The van der Waals surface area contributed by atoms with E-state index in [4.69, 9.17) is 0 Å². The monoisotopic (exact) mass is 303 g/mol. The van der Waals surface area contributed by atoms with E-state index in [1.807, 2.05) is 45.0 Å². The van der Waals surface area contributed by atoms with Crippen LogP contribution in [0.25, 0.3) is 0 Å². The molecule has 2 unspecified atom stereocenters. The standard InChI is InChI=1S/C17H25N3O2/c1-11-7-12(2)9-13(8-11)19-17(22)15-10-14(15)16(21)18-5-6-20(3)4/h7-9,14-15H,5-6,10H2,1-4H3,(H,18,21)(H,19,22). The quantitative estimate of drug-likeness (QED) is 0.838. The average Bonchev–Trinajstić information content (AvgIpc) is 3.16. The minimum absolute atomic E-state index is 0.0116. The van der Waals surface area contributed by atoms with Crippen LogP contribution in [0.1, 0.15) is 17.5 Å². The highest BCUT2D eigenvalue weighted by atomic mass is 16.2. The molecule has 0 radical (unpaired) electrons. The van der Waals surface area contributed by atoms with E-state index in [0.29, 0.717) is 13.0 Å². The van der Waals surface area contributed by atoms with Crippen molar-refractivity contribution < 1.29 is 9.59 Å². The number of rotatable bonds is 6. The van der Waals surface area contributed by atoms with Crippen molar-refractivity contribution in [2.24, 2.45) is 11.8 Å². The molecule has 1 aliphatic carbocycles. The second-order valence-corrected chi connectivity index (χ2v) is 6.41. The third kappa shape index (κ3) is 4.56. The number of hydrogen-bond acceptors (Lipinski definition) is 3. The second-order valence-electron chi connectivity index (χ2n) is 6.41. The number of amides is 2. The number of benzene rings is 1. The molecule has 2 rings (SSSR count). The molecule has 120 valence electrons. The Morgan fingerprint density at radius 3 is 2.27 bits per heavy atom. The molecule has 0 heterocycles. The summed E-state index contributed by atoms with van der Waals surface area (Å²) in [6, 6.07) is 5.95. The summed E-state index contributed by atoms with van der Waals surface area (Å²) in [6.07, 6.45) is 0.643. The van der Waals surface area contributed by atoms with E-state index in [1.165, 1.54) is 0 Å². The zero-order valence-electron chi connectivity index (χ0n) is 13.8. The Hall–Kier alpha value is -1.88. The van der Waals surface area contributed by atoms with Crippen LogP contribution in [-0.2, 0) is 9.59 Å². The molecule has 2 atom stereocenters. The molecular weight excluding hydrogens is 278 g/mol. The van der Waals surface area contributed by atoms with Crippen LogP contribution in [-0.4, -0.2) is 43.9 Å². The van der Waals surface area contributed by atoms with Crippen LogP contribution in [0.4, 0.5) is 5.69 Å². The number of likely N-dealkylation sites (N-methyl/N-ethyl adjacent to an activating group) is 1. The molecule has 22 heavy (non-hydrogen) atoms. The summed E-state index contributed by atoms with van der Waals surface area (Å²) in [6.45, 7) is 5.42. The second kappa shape index (κ2) is 6.92. The number of nitrogens with zero attached hydrogens (tertiary/aromatic N) is 1. The summed E-state index contributed by atoms with van der Waals surface area (Å²) in [5.41, 5.74) is 3.04. The van der Waals surface area contributed by atoms with Crippen LogP contribution in [0.2, 0.25) is 0 Å². The first-order valence-electron chi connectivity index (χ1n) is 7.68. The molecule has 0 aliphatic heterocycles. The molecule has 0 saturated heterocycles.